The van der Waals surface area contributed by atoms with Crippen LogP contribution in [0.1, 0.15) is 12.8 Å². The number of rotatable bonds is 0. The van der Waals surface area contributed by atoms with E-state index in [1.807, 2.05) is 0 Å². The summed E-state index contributed by atoms with van der Waals surface area (Å²) in [5.74, 6) is 0. The van der Waals surface area contributed by atoms with Gasteiger partial charge in [0.05, 0.1) is 5.60 Å². The standard InChI is InChI=1S/C7H10INO/c8-4-6-3-7(10)1-2-9(6)5-7/h4,10H,1-3,5H2/b6-4+. The Labute approximate surface area is 74.0 Å². The van der Waals surface area contributed by atoms with E-state index in [-0.39, 0.29) is 5.60 Å². The van der Waals surface area contributed by atoms with Crippen molar-refractivity contribution in [2.24, 2.45) is 0 Å². The van der Waals surface area contributed by atoms with Gasteiger partial charge in [-0.1, -0.05) is 22.6 Å². The maximum atomic E-state index is 9.76. The van der Waals surface area contributed by atoms with Crippen LogP contribution < -0.4 is 0 Å². The molecule has 2 saturated heterocycles. The minimum atomic E-state index is -0.364. The molecular weight excluding hydrogens is 241 g/mol. The molecule has 1 atom stereocenters. The lowest BCUT2D eigenvalue weighted by atomic mass is 9.99. The van der Waals surface area contributed by atoms with Crippen molar-refractivity contribution in [3.63, 3.8) is 0 Å². The highest BCUT2D eigenvalue weighted by Gasteiger charge is 2.44. The highest BCUT2D eigenvalue weighted by molar-refractivity contribution is 14.1. The lowest BCUT2D eigenvalue weighted by Gasteiger charge is -2.19. The average molecular weight is 251 g/mol. The number of fused-ring (bicyclic) bond motifs is 2. The van der Waals surface area contributed by atoms with Crippen LogP contribution in [-0.4, -0.2) is 28.7 Å². The summed E-state index contributed by atoms with van der Waals surface area (Å²) in [5.41, 5.74) is 0.950. The Hall–Kier alpha value is 0.230. The SMILES string of the molecule is OC12CCN(C1)/C(=C/I)C2. The van der Waals surface area contributed by atoms with Gasteiger partial charge in [-0.2, -0.15) is 0 Å². The van der Waals surface area contributed by atoms with Crippen LogP contribution >= 0.6 is 22.6 Å². The zero-order valence-electron chi connectivity index (χ0n) is 5.68. The van der Waals surface area contributed by atoms with Crippen molar-refractivity contribution in [1.29, 1.82) is 0 Å². The normalized spacial score (nSPS) is 41.8. The molecule has 2 aliphatic rings. The first-order valence-corrected chi connectivity index (χ1v) is 4.75. The maximum Gasteiger partial charge on any atom is 0.0892 e. The first kappa shape index (κ1) is 6.91. The zero-order valence-corrected chi connectivity index (χ0v) is 7.84. The predicted octanol–water partition coefficient (Wildman–Crippen LogP) is 1.10. The van der Waals surface area contributed by atoms with Gasteiger partial charge >= 0.3 is 0 Å². The molecule has 2 aliphatic heterocycles. The van der Waals surface area contributed by atoms with Crippen molar-refractivity contribution < 1.29 is 5.11 Å². The second-order valence-corrected chi connectivity index (χ2v) is 3.80. The van der Waals surface area contributed by atoms with Crippen LogP contribution in [0.15, 0.2) is 9.78 Å². The van der Waals surface area contributed by atoms with Crippen molar-refractivity contribution in [1.82, 2.24) is 4.90 Å². The number of hydrogen-bond acceptors (Lipinski definition) is 2. The number of nitrogens with zero attached hydrogens (tertiary/aromatic N) is 1. The van der Waals surface area contributed by atoms with Gasteiger partial charge in [0.1, 0.15) is 0 Å². The predicted molar refractivity (Wildman–Crippen MR) is 47.9 cm³/mol. The Morgan fingerprint density at radius 1 is 1.70 bits per heavy atom. The molecule has 0 aliphatic carbocycles. The molecule has 2 rings (SSSR count). The first-order valence-electron chi connectivity index (χ1n) is 3.50. The van der Waals surface area contributed by atoms with Crippen molar-refractivity contribution in [2.75, 3.05) is 13.1 Å². The van der Waals surface area contributed by atoms with Gasteiger partial charge in [0.25, 0.3) is 0 Å². The van der Waals surface area contributed by atoms with Gasteiger partial charge < -0.3 is 10.0 Å². The maximum absolute atomic E-state index is 9.76. The van der Waals surface area contributed by atoms with Crippen LogP contribution in [0.2, 0.25) is 0 Å². The summed E-state index contributed by atoms with van der Waals surface area (Å²) in [4.78, 5) is 2.27. The van der Waals surface area contributed by atoms with Gasteiger partial charge in [0.15, 0.2) is 0 Å². The molecule has 2 bridgehead atoms. The van der Waals surface area contributed by atoms with Crippen LogP contribution in [0.25, 0.3) is 0 Å². The van der Waals surface area contributed by atoms with Gasteiger partial charge in [-0.25, -0.2) is 0 Å². The fourth-order valence-corrected chi connectivity index (χ4v) is 2.42. The second kappa shape index (κ2) is 2.11. The van der Waals surface area contributed by atoms with Gasteiger partial charge in [-0.3, -0.25) is 0 Å². The number of aliphatic hydroxyl groups is 1. The highest BCUT2D eigenvalue weighted by atomic mass is 127. The molecule has 1 N–H and O–H groups in total. The zero-order chi connectivity index (χ0) is 7.19. The Balaban J connectivity index is 2.25. The fraction of sp³-hybridized carbons (Fsp3) is 0.714. The summed E-state index contributed by atoms with van der Waals surface area (Å²) in [7, 11) is 0. The van der Waals surface area contributed by atoms with Crippen LogP contribution in [0.4, 0.5) is 0 Å². The van der Waals surface area contributed by atoms with Crippen molar-refractivity contribution in [3.8, 4) is 0 Å². The molecule has 0 aromatic rings. The molecule has 0 radical (unpaired) electrons. The molecule has 0 saturated carbocycles. The highest BCUT2D eigenvalue weighted by Crippen LogP contribution is 2.39. The largest absolute Gasteiger partial charge is 0.388 e. The topological polar surface area (TPSA) is 23.5 Å². The minimum Gasteiger partial charge on any atom is -0.388 e. The number of halogens is 1. The molecule has 10 heavy (non-hydrogen) atoms. The molecule has 1 unspecified atom stereocenters. The van der Waals surface area contributed by atoms with Crippen LogP contribution in [0.3, 0.4) is 0 Å². The third-order valence-corrected chi connectivity index (χ3v) is 3.09. The van der Waals surface area contributed by atoms with E-state index in [1.54, 1.807) is 0 Å². The molecule has 2 nitrogen and oxygen atoms in total. The van der Waals surface area contributed by atoms with Crippen molar-refractivity contribution in [2.45, 2.75) is 18.4 Å². The van der Waals surface area contributed by atoms with Gasteiger partial charge in [0, 0.05) is 25.2 Å². The monoisotopic (exact) mass is 251 g/mol. The summed E-state index contributed by atoms with van der Waals surface area (Å²) < 4.78 is 2.08. The van der Waals surface area contributed by atoms with E-state index < -0.39 is 0 Å². The average Bonchev–Trinajstić information content (AvgIpc) is 2.41. The molecule has 0 aromatic heterocycles. The van der Waals surface area contributed by atoms with Crippen LogP contribution in [0, 0.1) is 0 Å². The summed E-state index contributed by atoms with van der Waals surface area (Å²) >= 11 is 2.24. The molecular formula is C7H10INO. The number of hydrogen-bond donors (Lipinski definition) is 1. The molecule has 2 heterocycles. The summed E-state index contributed by atoms with van der Waals surface area (Å²) in [5, 5.41) is 9.76. The Kier molecular flexibility index (Phi) is 1.46. The van der Waals surface area contributed by atoms with E-state index in [2.05, 4.69) is 31.6 Å². The van der Waals surface area contributed by atoms with E-state index in [1.165, 1.54) is 5.70 Å². The van der Waals surface area contributed by atoms with Gasteiger partial charge in [-0.05, 0) is 10.5 Å². The van der Waals surface area contributed by atoms with Crippen LogP contribution in [0.5, 0.6) is 0 Å². The smallest absolute Gasteiger partial charge is 0.0892 e. The molecule has 0 amide bonds. The van der Waals surface area contributed by atoms with Crippen LogP contribution in [-0.2, 0) is 0 Å². The van der Waals surface area contributed by atoms with E-state index in [9.17, 15) is 5.11 Å². The Morgan fingerprint density at radius 2 is 2.50 bits per heavy atom. The summed E-state index contributed by atoms with van der Waals surface area (Å²) in [6, 6.07) is 0. The molecule has 0 aromatic carbocycles. The Bertz CT molecular complexity index is 192. The lowest BCUT2D eigenvalue weighted by molar-refractivity contribution is 0.0720. The molecule has 2 fully saturated rings. The minimum absolute atomic E-state index is 0.364. The summed E-state index contributed by atoms with van der Waals surface area (Å²) in [6.45, 7) is 1.91. The fourth-order valence-electron chi connectivity index (χ4n) is 1.80. The quantitative estimate of drug-likeness (QED) is 0.652. The van der Waals surface area contributed by atoms with E-state index in [4.69, 9.17) is 0 Å². The second-order valence-electron chi connectivity index (χ2n) is 3.17. The van der Waals surface area contributed by atoms with Gasteiger partial charge in [0.2, 0.25) is 0 Å². The molecule has 0 spiro atoms. The summed E-state index contributed by atoms with van der Waals surface area (Å²) in [6.07, 6.45) is 1.83. The van der Waals surface area contributed by atoms with Gasteiger partial charge in [-0.15, -0.1) is 0 Å². The molecule has 3 heteroatoms. The third kappa shape index (κ3) is 0.871. The first-order chi connectivity index (χ1) is 4.73. The van der Waals surface area contributed by atoms with Crippen molar-refractivity contribution in [3.05, 3.63) is 9.78 Å². The lowest BCUT2D eigenvalue weighted by Crippen LogP contribution is -2.25. The van der Waals surface area contributed by atoms with E-state index in [0.717, 1.165) is 25.9 Å². The van der Waals surface area contributed by atoms with E-state index >= 15 is 0 Å². The van der Waals surface area contributed by atoms with E-state index in [0.29, 0.717) is 0 Å². The number of piperidine rings is 1. The molecule has 56 valence electrons. The third-order valence-electron chi connectivity index (χ3n) is 2.37. The van der Waals surface area contributed by atoms with Crippen molar-refractivity contribution >= 4 is 22.6 Å². The Morgan fingerprint density at radius 3 is 2.80 bits per heavy atom.